The van der Waals surface area contributed by atoms with Crippen LogP contribution in [0.4, 0.5) is 0 Å². The summed E-state index contributed by atoms with van der Waals surface area (Å²) in [6.45, 7) is 10.2. The average Bonchev–Trinajstić information content (AvgIpc) is 3.26. The van der Waals surface area contributed by atoms with Gasteiger partial charge in [0, 0.05) is 21.7 Å². The fourth-order valence-corrected chi connectivity index (χ4v) is 4.53. The lowest BCUT2D eigenvalue weighted by Crippen LogP contribution is -2.07. The van der Waals surface area contributed by atoms with E-state index in [0.29, 0.717) is 33.4 Å². The number of phenolic OH excluding ortho intramolecular Hbond substituents is 1. The summed E-state index contributed by atoms with van der Waals surface area (Å²) in [6, 6.07) is 20.8. The van der Waals surface area contributed by atoms with Crippen LogP contribution in [0, 0.1) is 0 Å². The fraction of sp³-hybridized carbons (Fsp3) is 0.258. The van der Waals surface area contributed by atoms with Crippen LogP contribution in [0.1, 0.15) is 67.9 Å². The van der Waals surface area contributed by atoms with Gasteiger partial charge >= 0.3 is 5.97 Å². The quantitative estimate of drug-likeness (QED) is 0.256. The topological polar surface area (TPSA) is 59.7 Å². The van der Waals surface area contributed by atoms with Crippen LogP contribution < -0.4 is 0 Å². The molecule has 4 nitrogen and oxygen atoms in total. The Balaban J connectivity index is 2.13. The number of hydrogen-bond acceptors (Lipinski definition) is 4. The summed E-state index contributed by atoms with van der Waals surface area (Å²) >= 11 is 6.18. The molecule has 0 saturated heterocycles. The van der Waals surface area contributed by atoms with Crippen molar-refractivity contribution < 1.29 is 19.1 Å². The largest absolute Gasteiger partial charge is 0.507 e. The van der Waals surface area contributed by atoms with Crippen molar-refractivity contribution in [3.8, 4) is 39.5 Å². The van der Waals surface area contributed by atoms with Gasteiger partial charge in [0.15, 0.2) is 0 Å². The number of aromatic hydroxyl groups is 1. The number of rotatable bonds is 7. The van der Waals surface area contributed by atoms with E-state index in [4.69, 9.17) is 20.8 Å². The van der Waals surface area contributed by atoms with Crippen molar-refractivity contribution in [1.82, 2.24) is 0 Å². The number of phenols is 1. The molecule has 0 aliphatic heterocycles. The SMILES string of the molecule is CCOC(=O)c1c(-c2ccccc2)oc(-c2ccc(Cl)cc2)c1-c1cc(C(C)C)c(O)c(C(C)C)c1. The van der Waals surface area contributed by atoms with Crippen LogP contribution >= 0.6 is 11.6 Å². The molecule has 0 atom stereocenters. The van der Waals surface area contributed by atoms with Crippen LogP contribution in [0.2, 0.25) is 5.02 Å². The van der Waals surface area contributed by atoms with Crippen molar-refractivity contribution in [3.05, 3.63) is 88.4 Å². The highest BCUT2D eigenvalue weighted by Crippen LogP contribution is 2.46. The maximum atomic E-state index is 13.5. The number of hydrogen-bond donors (Lipinski definition) is 1. The third kappa shape index (κ3) is 4.91. The van der Waals surface area contributed by atoms with E-state index in [0.717, 1.165) is 27.8 Å². The van der Waals surface area contributed by atoms with Crippen molar-refractivity contribution in [2.24, 2.45) is 0 Å². The van der Waals surface area contributed by atoms with E-state index < -0.39 is 5.97 Å². The molecule has 1 N–H and O–H groups in total. The zero-order valence-electron chi connectivity index (χ0n) is 21.3. The molecule has 0 aliphatic carbocycles. The number of ether oxygens (including phenoxy) is 1. The summed E-state index contributed by atoms with van der Waals surface area (Å²) in [5.74, 6) is 0.978. The third-order valence-corrected chi connectivity index (χ3v) is 6.48. The zero-order chi connectivity index (χ0) is 26.0. The number of benzene rings is 3. The molecule has 186 valence electrons. The van der Waals surface area contributed by atoms with Crippen molar-refractivity contribution in [2.75, 3.05) is 6.61 Å². The lowest BCUT2D eigenvalue weighted by molar-refractivity contribution is 0.0527. The van der Waals surface area contributed by atoms with E-state index in [9.17, 15) is 9.90 Å². The summed E-state index contributed by atoms with van der Waals surface area (Å²) in [4.78, 5) is 13.5. The van der Waals surface area contributed by atoms with Gasteiger partial charge in [0.05, 0.1) is 6.61 Å². The molecule has 0 unspecified atom stereocenters. The fourth-order valence-electron chi connectivity index (χ4n) is 4.41. The Morgan fingerprint density at radius 3 is 1.94 bits per heavy atom. The molecule has 1 heterocycles. The van der Waals surface area contributed by atoms with Gasteiger partial charge in [0.2, 0.25) is 0 Å². The summed E-state index contributed by atoms with van der Waals surface area (Å²) in [5, 5.41) is 11.6. The monoisotopic (exact) mass is 502 g/mol. The molecule has 0 radical (unpaired) electrons. The van der Waals surface area contributed by atoms with Gasteiger partial charge < -0.3 is 14.3 Å². The Morgan fingerprint density at radius 1 is 0.861 bits per heavy atom. The second kappa shape index (κ2) is 10.6. The van der Waals surface area contributed by atoms with Crippen LogP contribution in [0.15, 0.2) is 71.1 Å². The van der Waals surface area contributed by atoms with Gasteiger partial charge in [-0.2, -0.15) is 0 Å². The normalized spacial score (nSPS) is 11.3. The molecule has 4 aromatic rings. The molecule has 0 saturated carbocycles. The summed E-state index contributed by atoms with van der Waals surface area (Å²) in [7, 11) is 0. The van der Waals surface area contributed by atoms with Crippen LogP contribution in [-0.2, 0) is 4.74 Å². The molecular formula is C31H31ClO4. The highest BCUT2D eigenvalue weighted by molar-refractivity contribution is 6.30. The Bertz CT molecular complexity index is 1340. The van der Waals surface area contributed by atoms with E-state index in [1.807, 2.05) is 82.3 Å². The standard InChI is InChI=1S/C31H31ClO4/c1-6-35-31(34)27-26(22-16-24(18(2)3)28(33)25(17-22)19(4)5)29(21-12-14-23(32)15-13-21)36-30(27)20-10-8-7-9-11-20/h7-19,33H,6H2,1-5H3. The minimum Gasteiger partial charge on any atom is -0.507 e. The summed E-state index contributed by atoms with van der Waals surface area (Å²) in [5.41, 5.74) is 4.98. The third-order valence-electron chi connectivity index (χ3n) is 6.23. The van der Waals surface area contributed by atoms with Gasteiger partial charge in [-0.15, -0.1) is 0 Å². The Hall–Kier alpha value is -3.50. The van der Waals surface area contributed by atoms with Crippen LogP contribution in [-0.4, -0.2) is 17.7 Å². The maximum absolute atomic E-state index is 13.5. The van der Waals surface area contributed by atoms with Gasteiger partial charge in [0.1, 0.15) is 22.8 Å². The summed E-state index contributed by atoms with van der Waals surface area (Å²) < 4.78 is 12.0. The molecule has 0 spiro atoms. The van der Waals surface area contributed by atoms with Crippen LogP contribution in [0.3, 0.4) is 0 Å². The van der Waals surface area contributed by atoms with Crippen LogP contribution in [0.5, 0.6) is 5.75 Å². The Morgan fingerprint density at radius 2 is 1.42 bits per heavy atom. The number of carbonyl (C=O) groups excluding carboxylic acids is 1. The molecule has 0 fully saturated rings. The summed E-state index contributed by atoms with van der Waals surface area (Å²) in [6.07, 6.45) is 0. The number of furan rings is 1. The Kier molecular flexibility index (Phi) is 7.56. The van der Waals surface area contributed by atoms with Crippen molar-refractivity contribution in [3.63, 3.8) is 0 Å². The predicted octanol–water partition coefficient (Wildman–Crippen LogP) is 9.06. The molecule has 5 heteroatoms. The van der Waals surface area contributed by atoms with E-state index in [1.54, 1.807) is 19.1 Å². The smallest absolute Gasteiger partial charge is 0.342 e. The first kappa shape index (κ1) is 25.6. The minimum absolute atomic E-state index is 0.0768. The number of halogens is 1. The van der Waals surface area contributed by atoms with Crippen molar-refractivity contribution >= 4 is 17.6 Å². The highest BCUT2D eigenvalue weighted by atomic mass is 35.5. The predicted molar refractivity (Wildman–Crippen MR) is 146 cm³/mol. The van der Waals surface area contributed by atoms with E-state index in [2.05, 4.69) is 0 Å². The van der Waals surface area contributed by atoms with E-state index >= 15 is 0 Å². The molecular weight excluding hydrogens is 472 g/mol. The second-order valence-corrected chi connectivity index (χ2v) is 9.85. The molecule has 4 rings (SSSR count). The highest BCUT2D eigenvalue weighted by Gasteiger charge is 2.30. The number of esters is 1. The van der Waals surface area contributed by atoms with Gasteiger partial charge in [-0.05, 0) is 71.8 Å². The first-order valence-corrected chi connectivity index (χ1v) is 12.6. The van der Waals surface area contributed by atoms with Gasteiger partial charge in [-0.1, -0.05) is 69.6 Å². The molecule has 0 aliphatic rings. The van der Waals surface area contributed by atoms with E-state index in [1.165, 1.54) is 0 Å². The minimum atomic E-state index is -0.458. The first-order valence-electron chi connectivity index (χ1n) is 12.2. The lowest BCUT2D eigenvalue weighted by atomic mass is 9.87. The Labute approximate surface area is 217 Å². The molecule has 36 heavy (non-hydrogen) atoms. The average molecular weight is 503 g/mol. The zero-order valence-corrected chi connectivity index (χ0v) is 22.0. The molecule has 1 aromatic heterocycles. The van der Waals surface area contributed by atoms with Gasteiger partial charge in [0.25, 0.3) is 0 Å². The maximum Gasteiger partial charge on any atom is 0.342 e. The van der Waals surface area contributed by atoms with Crippen LogP contribution in [0.25, 0.3) is 33.8 Å². The van der Waals surface area contributed by atoms with Gasteiger partial charge in [-0.25, -0.2) is 4.79 Å². The first-order chi connectivity index (χ1) is 17.2. The van der Waals surface area contributed by atoms with E-state index in [-0.39, 0.29) is 18.4 Å². The number of carbonyl (C=O) groups is 1. The molecule has 0 bridgehead atoms. The van der Waals surface area contributed by atoms with Crippen molar-refractivity contribution in [1.29, 1.82) is 0 Å². The molecule has 0 amide bonds. The lowest BCUT2D eigenvalue weighted by Gasteiger charge is -2.18. The van der Waals surface area contributed by atoms with Gasteiger partial charge in [-0.3, -0.25) is 0 Å². The molecule has 3 aromatic carbocycles. The van der Waals surface area contributed by atoms with Crippen molar-refractivity contribution in [2.45, 2.75) is 46.5 Å². The second-order valence-electron chi connectivity index (χ2n) is 9.42.